The summed E-state index contributed by atoms with van der Waals surface area (Å²) in [6, 6.07) is 17.2. The second-order valence-corrected chi connectivity index (χ2v) is 10.0. The van der Waals surface area contributed by atoms with Crippen LogP contribution in [0.3, 0.4) is 0 Å². The largest absolute Gasteiger partial charge is 0.508 e. The van der Waals surface area contributed by atoms with Crippen molar-refractivity contribution in [2.24, 2.45) is 5.92 Å². The normalized spacial score (nSPS) is 13.6. The van der Waals surface area contributed by atoms with E-state index in [0.717, 1.165) is 3.57 Å². The minimum atomic E-state index is -0.731. The summed E-state index contributed by atoms with van der Waals surface area (Å²) >= 11 is 2.14. The summed E-state index contributed by atoms with van der Waals surface area (Å²) in [5, 5.41) is 16.0. The van der Waals surface area contributed by atoms with Gasteiger partial charge in [0.25, 0.3) is 0 Å². The number of para-hydroxylation sites is 2. The highest BCUT2D eigenvalue weighted by atomic mass is 127. The van der Waals surface area contributed by atoms with Crippen LogP contribution in [0.15, 0.2) is 72.8 Å². The van der Waals surface area contributed by atoms with E-state index in [1.807, 2.05) is 6.92 Å². The van der Waals surface area contributed by atoms with Gasteiger partial charge in [-0.15, -0.1) is 0 Å². The third-order valence-corrected chi connectivity index (χ3v) is 6.61. The number of halogens is 1. The number of carbonyl (C=O) groups is 2. The van der Waals surface area contributed by atoms with Crippen molar-refractivity contribution in [3.63, 3.8) is 0 Å². The van der Waals surface area contributed by atoms with Gasteiger partial charge in [-0.1, -0.05) is 25.1 Å². The number of amides is 2. The van der Waals surface area contributed by atoms with Crippen molar-refractivity contribution >= 4 is 51.7 Å². The van der Waals surface area contributed by atoms with Gasteiger partial charge in [0.1, 0.15) is 11.9 Å². The van der Waals surface area contributed by atoms with Crippen molar-refractivity contribution in [2.75, 3.05) is 23.2 Å². The molecule has 0 aliphatic carbocycles. The van der Waals surface area contributed by atoms with Gasteiger partial charge < -0.3 is 30.4 Å². The maximum atomic E-state index is 12.9. The van der Waals surface area contributed by atoms with E-state index >= 15 is 0 Å². The maximum Gasteiger partial charge on any atom is 0.412 e. The molecule has 9 nitrogen and oxygen atoms in total. The molecule has 0 fully saturated rings. The summed E-state index contributed by atoms with van der Waals surface area (Å²) in [4.78, 5) is 25.1. The topological polar surface area (TPSA) is 132 Å². The third kappa shape index (κ3) is 7.09. The van der Waals surface area contributed by atoms with E-state index in [1.54, 1.807) is 66.7 Å². The van der Waals surface area contributed by atoms with Crippen molar-refractivity contribution in [1.29, 1.82) is 0 Å². The SMILES string of the molecule is C[C@H](CC/C=C/C(=O)Nc1ccccc1N)[C@@H](OC(=O)Nc1ccc2c(c1)OCO2)c1cc(I)ccc1O. The van der Waals surface area contributed by atoms with Gasteiger partial charge in [0, 0.05) is 20.9 Å². The first-order chi connectivity index (χ1) is 18.3. The zero-order valence-corrected chi connectivity index (χ0v) is 22.8. The molecule has 0 spiro atoms. The molecular weight excluding hydrogens is 601 g/mol. The first-order valence-electron chi connectivity index (χ1n) is 12.0. The van der Waals surface area contributed by atoms with E-state index in [9.17, 15) is 14.7 Å². The number of benzene rings is 3. The van der Waals surface area contributed by atoms with Crippen molar-refractivity contribution < 1.29 is 28.9 Å². The van der Waals surface area contributed by atoms with Crippen LogP contribution in [0.5, 0.6) is 17.2 Å². The Morgan fingerprint density at radius 3 is 2.71 bits per heavy atom. The third-order valence-electron chi connectivity index (χ3n) is 5.94. The minimum absolute atomic E-state index is 0.0357. The van der Waals surface area contributed by atoms with Gasteiger partial charge in [-0.3, -0.25) is 10.1 Å². The molecular formula is C28H28IN3O6. The van der Waals surface area contributed by atoms with Crippen LogP contribution < -0.4 is 25.8 Å². The number of nitrogens with one attached hydrogen (secondary N) is 2. The quantitative estimate of drug-likeness (QED) is 0.126. The molecule has 3 aromatic rings. The van der Waals surface area contributed by atoms with Crippen LogP contribution in [-0.2, 0) is 9.53 Å². The van der Waals surface area contributed by atoms with E-state index in [1.165, 1.54) is 6.08 Å². The number of phenols is 1. The maximum absolute atomic E-state index is 12.9. The molecule has 1 heterocycles. The zero-order valence-electron chi connectivity index (χ0n) is 20.6. The van der Waals surface area contributed by atoms with E-state index in [-0.39, 0.29) is 24.4 Å². The highest BCUT2D eigenvalue weighted by Gasteiger charge is 2.27. The number of phenolic OH excluding ortho intramolecular Hbond substituents is 1. The fraction of sp³-hybridized carbons (Fsp3) is 0.214. The molecule has 0 saturated carbocycles. The van der Waals surface area contributed by atoms with Crippen molar-refractivity contribution in [3.8, 4) is 17.2 Å². The van der Waals surface area contributed by atoms with Gasteiger partial charge in [-0.2, -0.15) is 0 Å². The van der Waals surface area contributed by atoms with Gasteiger partial charge in [-0.05, 0) is 89.9 Å². The molecule has 0 bridgehead atoms. The van der Waals surface area contributed by atoms with Crippen LogP contribution in [0, 0.1) is 9.49 Å². The fourth-order valence-corrected chi connectivity index (χ4v) is 4.48. The predicted molar refractivity (Wildman–Crippen MR) is 153 cm³/mol. The lowest BCUT2D eigenvalue weighted by Gasteiger charge is -2.25. The molecule has 0 aromatic heterocycles. The molecule has 2 amide bonds. The van der Waals surface area contributed by atoms with Crippen molar-refractivity contribution in [1.82, 2.24) is 0 Å². The number of ether oxygens (including phenoxy) is 3. The summed E-state index contributed by atoms with van der Waals surface area (Å²) in [5.41, 5.74) is 7.90. The van der Waals surface area contributed by atoms with Crippen LogP contribution in [0.4, 0.5) is 21.9 Å². The summed E-state index contributed by atoms with van der Waals surface area (Å²) in [7, 11) is 0. The van der Waals surface area contributed by atoms with Gasteiger partial charge in [0.05, 0.1) is 11.4 Å². The number of fused-ring (bicyclic) bond motifs is 1. The Morgan fingerprint density at radius 2 is 1.89 bits per heavy atom. The second-order valence-electron chi connectivity index (χ2n) is 8.76. The Hall–Kier alpha value is -3.93. The first kappa shape index (κ1) is 27.1. The number of carbonyl (C=O) groups excluding carboxylic acids is 2. The number of aromatic hydroxyl groups is 1. The molecule has 5 N–H and O–H groups in total. The Kier molecular flexibility index (Phi) is 8.95. The van der Waals surface area contributed by atoms with Gasteiger partial charge in [0.15, 0.2) is 11.5 Å². The highest BCUT2D eigenvalue weighted by Crippen LogP contribution is 2.37. The summed E-state index contributed by atoms with van der Waals surface area (Å²) in [6.07, 6.45) is 2.93. The van der Waals surface area contributed by atoms with Crippen LogP contribution in [0.2, 0.25) is 0 Å². The smallest absolute Gasteiger partial charge is 0.412 e. The molecule has 3 aromatic carbocycles. The van der Waals surface area contributed by atoms with Crippen molar-refractivity contribution in [3.05, 3.63) is 81.9 Å². The summed E-state index contributed by atoms with van der Waals surface area (Å²) in [5.74, 6) is 0.705. The Labute approximate surface area is 234 Å². The number of allylic oxidation sites excluding steroid dienone is 1. The number of hydrogen-bond acceptors (Lipinski definition) is 7. The lowest BCUT2D eigenvalue weighted by molar-refractivity contribution is -0.111. The van der Waals surface area contributed by atoms with Crippen LogP contribution >= 0.6 is 22.6 Å². The molecule has 0 radical (unpaired) electrons. The van der Waals surface area contributed by atoms with Gasteiger partial charge in [0.2, 0.25) is 12.7 Å². The Balaban J connectivity index is 1.40. The minimum Gasteiger partial charge on any atom is -0.508 e. The number of nitrogens with two attached hydrogens (primary N) is 1. The molecule has 0 saturated heterocycles. The van der Waals surface area contributed by atoms with E-state index < -0.39 is 12.2 Å². The Morgan fingerprint density at radius 1 is 1.11 bits per heavy atom. The number of anilines is 3. The number of hydrogen-bond donors (Lipinski definition) is 4. The molecule has 1 aliphatic heterocycles. The first-order valence-corrected chi connectivity index (χ1v) is 13.1. The second kappa shape index (κ2) is 12.5. The Bertz CT molecular complexity index is 1350. The average Bonchev–Trinajstić information content (AvgIpc) is 3.36. The monoisotopic (exact) mass is 629 g/mol. The molecule has 0 unspecified atom stereocenters. The van der Waals surface area contributed by atoms with Crippen LogP contribution in [-0.4, -0.2) is 23.9 Å². The molecule has 1 aliphatic rings. The van der Waals surface area contributed by atoms with Crippen LogP contribution in [0.25, 0.3) is 0 Å². The van der Waals surface area contributed by atoms with Gasteiger partial charge >= 0.3 is 6.09 Å². The lowest BCUT2D eigenvalue weighted by Crippen LogP contribution is -2.22. The fourth-order valence-electron chi connectivity index (χ4n) is 3.96. The molecule has 38 heavy (non-hydrogen) atoms. The summed E-state index contributed by atoms with van der Waals surface area (Å²) < 4.78 is 17.4. The molecule has 10 heteroatoms. The standard InChI is InChI=1S/C28H28IN3O6/c1-17(6-2-5-9-26(34)32-22-8-4-3-7-21(22)30)27(20-14-18(29)10-12-23(20)33)38-28(35)31-19-11-13-24-25(15-19)37-16-36-24/h3-5,7-15,17,27,33H,2,6,16,30H2,1H3,(H,31,35)(H,32,34)/b9-5+/t17-,27-/m1/s1. The molecule has 2 atom stereocenters. The van der Waals surface area contributed by atoms with Gasteiger partial charge in [-0.25, -0.2) is 4.79 Å². The number of rotatable bonds is 9. The van der Waals surface area contributed by atoms with Crippen molar-refractivity contribution in [2.45, 2.75) is 25.9 Å². The van der Waals surface area contributed by atoms with E-state index in [0.29, 0.717) is 47.0 Å². The summed E-state index contributed by atoms with van der Waals surface area (Å²) in [6.45, 7) is 2.06. The van der Waals surface area contributed by atoms with Crippen LogP contribution in [0.1, 0.15) is 31.4 Å². The molecule has 4 rings (SSSR count). The number of nitrogen functional groups attached to an aromatic ring is 1. The predicted octanol–water partition coefficient (Wildman–Crippen LogP) is 6.21. The average molecular weight is 629 g/mol. The highest BCUT2D eigenvalue weighted by molar-refractivity contribution is 14.1. The van der Waals surface area contributed by atoms with E-state index in [2.05, 4.69) is 33.2 Å². The molecule has 198 valence electrons. The zero-order chi connectivity index (χ0) is 27.1. The van der Waals surface area contributed by atoms with E-state index in [4.69, 9.17) is 19.9 Å². The lowest BCUT2D eigenvalue weighted by atomic mass is 9.92.